The Labute approximate surface area is 349 Å². The van der Waals surface area contributed by atoms with Gasteiger partial charge in [0.05, 0.1) is 66.1 Å². The Morgan fingerprint density at radius 3 is 1.63 bits per heavy atom. The molecule has 0 spiro atoms. The van der Waals surface area contributed by atoms with Crippen molar-refractivity contribution in [1.82, 2.24) is 9.80 Å². The first-order valence-electron chi connectivity index (χ1n) is 18.3. The predicted octanol–water partition coefficient (Wildman–Crippen LogP) is -2.15. The minimum atomic E-state index is -1.40. The van der Waals surface area contributed by atoms with Gasteiger partial charge in [-0.15, -0.1) is 0 Å². The van der Waals surface area contributed by atoms with Crippen LogP contribution in [0.2, 0.25) is 0 Å². The number of aliphatic carboxylic acids is 1. The number of rotatable bonds is 8. The van der Waals surface area contributed by atoms with E-state index >= 15 is 0 Å². The molecule has 17 heteroatoms. The third kappa shape index (κ3) is 7.40. The van der Waals surface area contributed by atoms with Crippen molar-refractivity contribution < 1.29 is 87.9 Å². The summed E-state index contributed by atoms with van der Waals surface area (Å²) >= 11 is 0. The van der Waals surface area contributed by atoms with Crippen LogP contribution in [0.15, 0.2) is 47.8 Å². The van der Waals surface area contributed by atoms with E-state index in [2.05, 4.69) is 10.6 Å². The van der Waals surface area contributed by atoms with Crippen LogP contribution in [-0.2, 0) is 55.9 Å². The van der Waals surface area contributed by atoms with Gasteiger partial charge in [0.25, 0.3) is 0 Å². The second-order valence-corrected chi connectivity index (χ2v) is 15.9. The van der Waals surface area contributed by atoms with Crippen molar-refractivity contribution in [3.63, 3.8) is 0 Å². The number of hydrogen-bond acceptors (Lipinski definition) is 12. The Morgan fingerprint density at radius 1 is 0.772 bits per heavy atom. The summed E-state index contributed by atoms with van der Waals surface area (Å²) in [6, 6.07) is 9.90. The van der Waals surface area contributed by atoms with Gasteiger partial charge in [-0.2, -0.15) is 0 Å². The van der Waals surface area contributed by atoms with Crippen molar-refractivity contribution >= 4 is 64.1 Å². The number of nitrogens with one attached hydrogen (secondary N) is 2. The van der Waals surface area contributed by atoms with Crippen LogP contribution < -0.4 is 45.3 Å². The van der Waals surface area contributed by atoms with E-state index in [0.29, 0.717) is 35.1 Å². The standard InChI is InChI=1S/C23H26N2O7.C17H16N2O5.Na/c1-11(26)18-16-9-14(12-5-6-15-13(7-12)8-17(27)24-15)19(25(16)20(18)28)21(29)31-10-32-22(30)23(2,3)4;1-7(20)14-12-6-10(15(17(23)24)19(12)16(14)22)8-2-3-11-9(4-8)5-13(21)18-11;/h5-7,11,16,18,26H,8-10H2,1-4H3,(H,24,27);2-4,7,12,14,20H,5-6H2,1H3,(H,18,21)(H,23,24);/q;;+1/p-1/t11-,16-,18-;7-,12-,14-;/m11./s1. The van der Waals surface area contributed by atoms with Crippen molar-refractivity contribution in [2.45, 2.75) is 84.6 Å². The minimum absolute atomic E-state index is 0. The number of carboxylic acid groups (broad SMARTS) is 1. The second-order valence-electron chi connectivity index (χ2n) is 15.9. The molecular weight excluding hydrogens is 751 g/mol. The molecule has 8 rings (SSSR count). The molecule has 0 saturated carbocycles. The number of carbonyl (C=O) groups excluding carboxylic acids is 7. The number of nitrogens with zero attached hydrogens (tertiary/aromatic N) is 2. The maximum atomic E-state index is 13.0. The summed E-state index contributed by atoms with van der Waals surface area (Å²) in [5.74, 6) is -4.84. The average molecular weight is 793 g/mol. The van der Waals surface area contributed by atoms with E-state index in [1.54, 1.807) is 58.0 Å². The van der Waals surface area contributed by atoms with Crippen LogP contribution in [0.25, 0.3) is 11.1 Å². The largest absolute Gasteiger partial charge is 1.00 e. The number of β-lactam (4-membered cyclic amide) rings is 2. The van der Waals surface area contributed by atoms with E-state index in [1.807, 2.05) is 6.07 Å². The van der Waals surface area contributed by atoms with E-state index in [9.17, 15) is 48.9 Å². The molecule has 6 heterocycles. The van der Waals surface area contributed by atoms with Crippen molar-refractivity contribution in [3.05, 3.63) is 70.0 Å². The predicted molar refractivity (Wildman–Crippen MR) is 194 cm³/mol. The number of carbonyl (C=O) groups is 7. The number of esters is 2. The van der Waals surface area contributed by atoms with E-state index in [4.69, 9.17) is 9.47 Å². The first-order chi connectivity index (χ1) is 26.4. The number of aliphatic hydroxyl groups excluding tert-OH is 2. The molecule has 4 amide bonds. The van der Waals surface area contributed by atoms with Gasteiger partial charge in [0.1, 0.15) is 5.70 Å². The number of benzene rings is 2. The molecule has 0 bridgehead atoms. The zero-order chi connectivity index (χ0) is 40.5. The molecule has 57 heavy (non-hydrogen) atoms. The number of fused-ring (bicyclic) bond motifs is 4. The molecular formula is C40H41N4NaO12. The Balaban J connectivity index is 0.000000196. The third-order valence-electron chi connectivity index (χ3n) is 11.0. The van der Waals surface area contributed by atoms with Crippen LogP contribution in [0.1, 0.15) is 69.7 Å². The van der Waals surface area contributed by atoms with Gasteiger partial charge in [-0.1, -0.05) is 12.1 Å². The van der Waals surface area contributed by atoms with Gasteiger partial charge < -0.3 is 50.0 Å². The van der Waals surface area contributed by atoms with Crippen molar-refractivity contribution in [2.75, 3.05) is 17.4 Å². The molecule has 0 radical (unpaired) electrons. The van der Waals surface area contributed by atoms with Crippen LogP contribution in [0.3, 0.4) is 0 Å². The van der Waals surface area contributed by atoms with Crippen molar-refractivity contribution in [1.29, 1.82) is 0 Å². The number of ether oxygens (including phenoxy) is 2. The van der Waals surface area contributed by atoms with E-state index in [0.717, 1.165) is 22.5 Å². The molecule has 2 aromatic carbocycles. The van der Waals surface area contributed by atoms with Crippen LogP contribution in [0, 0.1) is 17.3 Å². The molecule has 16 nitrogen and oxygen atoms in total. The van der Waals surface area contributed by atoms with Crippen LogP contribution >= 0.6 is 0 Å². The quantitative estimate of drug-likeness (QED) is 0.0971. The van der Waals surface area contributed by atoms with Crippen molar-refractivity contribution in [3.8, 4) is 0 Å². The summed E-state index contributed by atoms with van der Waals surface area (Å²) in [6.45, 7) is 7.56. The Bertz CT molecular complexity index is 2190. The average Bonchev–Trinajstić information content (AvgIpc) is 3.85. The van der Waals surface area contributed by atoms with Gasteiger partial charge in [0.15, 0.2) is 0 Å². The fourth-order valence-electron chi connectivity index (χ4n) is 8.29. The number of anilines is 2. The van der Waals surface area contributed by atoms with Gasteiger partial charge in [-0.25, -0.2) is 4.79 Å². The molecule has 0 aliphatic carbocycles. The van der Waals surface area contributed by atoms with Crippen LogP contribution in [0.5, 0.6) is 0 Å². The van der Waals surface area contributed by atoms with E-state index < -0.39 is 54.2 Å². The molecule has 2 saturated heterocycles. The van der Waals surface area contributed by atoms with Gasteiger partial charge in [0.2, 0.25) is 30.4 Å². The zero-order valence-corrected chi connectivity index (χ0v) is 34.3. The number of hydrogen-bond donors (Lipinski definition) is 4. The summed E-state index contributed by atoms with van der Waals surface area (Å²) in [6.07, 6.45) is -0.475. The van der Waals surface area contributed by atoms with Crippen LogP contribution in [0.4, 0.5) is 11.4 Å². The van der Waals surface area contributed by atoms with Gasteiger partial charge in [-0.3, -0.25) is 24.0 Å². The fourth-order valence-corrected chi connectivity index (χ4v) is 8.29. The maximum absolute atomic E-state index is 13.0. The van der Waals surface area contributed by atoms with Gasteiger partial charge in [0, 0.05) is 11.4 Å². The van der Waals surface area contributed by atoms with Crippen molar-refractivity contribution in [2.24, 2.45) is 17.3 Å². The molecule has 6 atom stereocenters. The Kier molecular flexibility index (Phi) is 11.3. The summed E-state index contributed by atoms with van der Waals surface area (Å²) in [7, 11) is 0. The normalized spacial score (nSPS) is 23.7. The SMILES string of the molecule is C[C@@H](O)[C@H]1C(=O)N2C(C(=O)OCOC(=O)C(C)(C)C)=C(c3ccc4c(c3)CC(=O)N4)C[C@H]12.C[C@@H](O)[C@H]1C(=O)N2C(C(=O)[O-])=C(c3ccc4c(c3)CC(=O)N4)C[C@H]12.[Na+]. The molecule has 294 valence electrons. The molecule has 0 unspecified atom stereocenters. The minimum Gasteiger partial charge on any atom is -0.543 e. The summed E-state index contributed by atoms with van der Waals surface area (Å²) in [5, 5.41) is 36.9. The maximum Gasteiger partial charge on any atom is 1.00 e. The number of amides is 4. The molecule has 2 aromatic rings. The summed E-state index contributed by atoms with van der Waals surface area (Å²) in [5.41, 5.74) is 4.73. The first-order valence-corrected chi connectivity index (χ1v) is 18.3. The number of carboxylic acids is 1. The monoisotopic (exact) mass is 792 g/mol. The smallest absolute Gasteiger partial charge is 0.543 e. The molecule has 0 aromatic heterocycles. The summed E-state index contributed by atoms with van der Waals surface area (Å²) < 4.78 is 10.2. The Morgan fingerprint density at radius 2 is 1.21 bits per heavy atom. The van der Waals surface area contributed by atoms with Gasteiger partial charge >= 0.3 is 41.5 Å². The van der Waals surface area contributed by atoms with E-state index in [-0.39, 0.29) is 89.5 Å². The third-order valence-corrected chi connectivity index (χ3v) is 11.0. The molecule has 6 aliphatic heterocycles. The topological polar surface area (TPSA) is 232 Å². The Hall–Kier alpha value is -4.87. The fraction of sp³-hybridized carbons (Fsp3) is 0.425. The van der Waals surface area contributed by atoms with E-state index in [1.165, 1.54) is 16.7 Å². The zero-order valence-electron chi connectivity index (χ0n) is 32.3. The van der Waals surface area contributed by atoms with Crippen LogP contribution in [-0.4, -0.2) is 92.6 Å². The first kappa shape index (κ1) is 41.8. The van der Waals surface area contributed by atoms with Gasteiger partial charge in [-0.05, 0) is 105 Å². The second kappa shape index (κ2) is 15.5. The molecule has 6 aliphatic rings. The molecule has 4 N–H and O–H groups in total. The summed E-state index contributed by atoms with van der Waals surface area (Å²) in [4.78, 5) is 87.1. The number of aliphatic hydroxyl groups is 2. The molecule has 2 fully saturated rings.